The Labute approximate surface area is 112 Å². The summed E-state index contributed by atoms with van der Waals surface area (Å²) in [5, 5.41) is 0.281. The predicted octanol–water partition coefficient (Wildman–Crippen LogP) is 0.614. The van der Waals surface area contributed by atoms with Crippen LogP contribution in [-0.4, -0.2) is 18.5 Å². The molecule has 0 atom stereocenters. The van der Waals surface area contributed by atoms with E-state index in [9.17, 15) is 9.59 Å². The number of hydrogen-bond acceptors (Lipinski definition) is 4. The minimum absolute atomic E-state index is 0.281. The summed E-state index contributed by atoms with van der Waals surface area (Å²) in [5.41, 5.74) is 0.0705. The van der Waals surface area contributed by atoms with E-state index in [0.29, 0.717) is 15.9 Å². The Morgan fingerprint density at radius 1 is 1.16 bits per heavy atom. The molecule has 0 aromatic carbocycles. The van der Waals surface area contributed by atoms with Crippen LogP contribution in [0.25, 0.3) is 16.7 Å². The Bertz CT molecular complexity index is 997. The standard InChI is InChI=1S/C12H10N4O2S/c1-14-9-8(10(17)15(2)12(14)18)11(19)16-6-4-3-5-7(16)13-9/h3-6H,1-2H3. The largest absolute Gasteiger partial charge is 0.332 e. The monoisotopic (exact) mass is 274 g/mol. The summed E-state index contributed by atoms with van der Waals surface area (Å²) >= 11 is 5.34. The molecule has 0 unspecified atom stereocenters. The van der Waals surface area contributed by atoms with Crippen LogP contribution in [0, 0.1) is 4.64 Å². The number of pyridine rings is 1. The normalized spacial score (nSPS) is 11.3. The highest BCUT2D eigenvalue weighted by Crippen LogP contribution is 2.10. The highest BCUT2D eigenvalue weighted by Gasteiger charge is 2.12. The third-order valence-corrected chi connectivity index (χ3v) is 3.53. The second kappa shape index (κ2) is 3.86. The van der Waals surface area contributed by atoms with Gasteiger partial charge in [-0.15, -0.1) is 0 Å². The molecule has 7 heteroatoms. The SMILES string of the molecule is Cn1c(=O)c2c(=S)n3ccccc3nc2n(C)c1=O. The van der Waals surface area contributed by atoms with E-state index >= 15 is 0 Å². The molecule has 0 saturated carbocycles. The second-order valence-electron chi connectivity index (χ2n) is 4.25. The van der Waals surface area contributed by atoms with E-state index in [0.717, 1.165) is 4.57 Å². The van der Waals surface area contributed by atoms with Crippen LogP contribution in [0.5, 0.6) is 0 Å². The van der Waals surface area contributed by atoms with Crippen LogP contribution in [-0.2, 0) is 14.1 Å². The summed E-state index contributed by atoms with van der Waals surface area (Å²) < 4.78 is 4.38. The van der Waals surface area contributed by atoms with Crippen molar-refractivity contribution >= 4 is 28.9 Å². The topological polar surface area (TPSA) is 61.3 Å². The van der Waals surface area contributed by atoms with Gasteiger partial charge in [-0.3, -0.25) is 18.3 Å². The lowest BCUT2D eigenvalue weighted by Gasteiger charge is -2.08. The first kappa shape index (κ1) is 11.8. The van der Waals surface area contributed by atoms with Crippen LogP contribution >= 0.6 is 12.2 Å². The van der Waals surface area contributed by atoms with Gasteiger partial charge in [-0.05, 0) is 12.1 Å². The zero-order valence-electron chi connectivity index (χ0n) is 10.3. The van der Waals surface area contributed by atoms with E-state index in [1.165, 1.54) is 11.6 Å². The Kier molecular flexibility index (Phi) is 2.39. The van der Waals surface area contributed by atoms with Crippen molar-refractivity contribution in [3.8, 4) is 0 Å². The van der Waals surface area contributed by atoms with Gasteiger partial charge in [-0.1, -0.05) is 18.3 Å². The van der Waals surface area contributed by atoms with E-state index in [1.807, 2.05) is 12.1 Å². The molecule has 6 nitrogen and oxygen atoms in total. The van der Waals surface area contributed by atoms with Gasteiger partial charge in [0.2, 0.25) is 0 Å². The quantitative estimate of drug-likeness (QED) is 0.445. The minimum Gasteiger partial charge on any atom is -0.291 e. The Morgan fingerprint density at radius 3 is 2.63 bits per heavy atom. The lowest BCUT2D eigenvalue weighted by molar-refractivity contribution is 0.706. The summed E-state index contributed by atoms with van der Waals surface area (Å²) in [6, 6.07) is 5.40. The molecule has 96 valence electrons. The molecule has 0 saturated heterocycles. The molecule has 3 heterocycles. The fraction of sp³-hybridized carbons (Fsp3) is 0.167. The molecule has 3 aromatic rings. The number of nitrogens with zero attached hydrogens (tertiary/aromatic N) is 4. The molecule has 0 radical (unpaired) electrons. The number of aromatic nitrogens is 4. The molecule has 3 aromatic heterocycles. The molecule has 0 amide bonds. The predicted molar refractivity (Wildman–Crippen MR) is 74.0 cm³/mol. The van der Waals surface area contributed by atoms with Crippen molar-refractivity contribution in [3.63, 3.8) is 0 Å². The van der Waals surface area contributed by atoms with E-state index in [1.54, 1.807) is 23.7 Å². The van der Waals surface area contributed by atoms with Gasteiger partial charge >= 0.3 is 5.69 Å². The van der Waals surface area contributed by atoms with Crippen LogP contribution in [0.3, 0.4) is 0 Å². The Balaban J connectivity index is 2.80. The van der Waals surface area contributed by atoms with E-state index in [2.05, 4.69) is 4.98 Å². The lowest BCUT2D eigenvalue weighted by atomic mass is 10.3. The van der Waals surface area contributed by atoms with Crippen LogP contribution in [0.2, 0.25) is 0 Å². The highest BCUT2D eigenvalue weighted by atomic mass is 32.1. The highest BCUT2D eigenvalue weighted by molar-refractivity contribution is 7.71. The smallest absolute Gasteiger partial charge is 0.291 e. The summed E-state index contributed by atoms with van der Waals surface area (Å²) in [7, 11) is 3.00. The maximum absolute atomic E-state index is 12.2. The number of rotatable bonds is 0. The summed E-state index contributed by atoms with van der Waals surface area (Å²) in [4.78, 5) is 28.4. The van der Waals surface area contributed by atoms with Gasteiger partial charge in [-0.25, -0.2) is 9.78 Å². The molecule has 0 aliphatic heterocycles. The number of aryl methyl sites for hydroxylation is 1. The molecule has 0 aliphatic rings. The second-order valence-corrected chi connectivity index (χ2v) is 4.64. The minimum atomic E-state index is -0.422. The molecule has 0 spiro atoms. The molecule has 0 bridgehead atoms. The van der Waals surface area contributed by atoms with Crippen molar-refractivity contribution in [2.45, 2.75) is 0 Å². The third-order valence-electron chi connectivity index (χ3n) is 3.13. The van der Waals surface area contributed by atoms with Gasteiger partial charge in [0.15, 0.2) is 5.65 Å². The molecule has 0 fully saturated rings. The molecule has 19 heavy (non-hydrogen) atoms. The van der Waals surface area contributed by atoms with Gasteiger partial charge < -0.3 is 0 Å². The van der Waals surface area contributed by atoms with Gasteiger partial charge in [0.25, 0.3) is 5.56 Å². The van der Waals surface area contributed by atoms with Crippen LogP contribution in [0.15, 0.2) is 34.0 Å². The summed E-state index contributed by atoms with van der Waals surface area (Å²) in [6.45, 7) is 0. The third kappa shape index (κ3) is 1.48. The number of fused-ring (bicyclic) bond motifs is 2. The zero-order valence-corrected chi connectivity index (χ0v) is 11.1. The maximum atomic E-state index is 12.2. The van der Waals surface area contributed by atoms with E-state index < -0.39 is 11.2 Å². The first-order valence-electron chi connectivity index (χ1n) is 5.59. The van der Waals surface area contributed by atoms with Crippen LogP contribution in [0.4, 0.5) is 0 Å². The van der Waals surface area contributed by atoms with Gasteiger partial charge in [0.05, 0.1) is 0 Å². The average molecular weight is 274 g/mol. The fourth-order valence-electron chi connectivity index (χ4n) is 2.08. The molecule has 3 rings (SSSR count). The molecule has 0 N–H and O–H groups in total. The lowest BCUT2D eigenvalue weighted by Crippen LogP contribution is -2.37. The first-order chi connectivity index (χ1) is 9.02. The van der Waals surface area contributed by atoms with Crippen molar-refractivity contribution in [3.05, 3.63) is 49.9 Å². The Morgan fingerprint density at radius 2 is 1.89 bits per heavy atom. The maximum Gasteiger partial charge on any atom is 0.332 e. The molecular formula is C12H10N4O2S. The van der Waals surface area contributed by atoms with Gasteiger partial charge in [0.1, 0.15) is 15.7 Å². The van der Waals surface area contributed by atoms with E-state index in [4.69, 9.17) is 12.2 Å². The van der Waals surface area contributed by atoms with Crippen LogP contribution < -0.4 is 11.2 Å². The van der Waals surface area contributed by atoms with Gasteiger partial charge in [-0.2, -0.15) is 0 Å². The van der Waals surface area contributed by atoms with Crippen molar-refractivity contribution in [2.75, 3.05) is 0 Å². The van der Waals surface area contributed by atoms with Crippen molar-refractivity contribution in [2.24, 2.45) is 14.1 Å². The summed E-state index contributed by atoms with van der Waals surface area (Å²) in [5.74, 6) is 0. The van der Waals surface area contributed by atoms with Gasteiger partial charge in [0, 0.05) is 20.3 Å². The molecule has 0 aliphatic carbocycles. The van der Waals surface area contributed by atoms with Crippen molar-refractivity contribution < 1.29 is 0 Å². The van der Waals surface area contributed by atoms with Crippen molar-refractivity contribution in [1.29, 1.82) is 0 Å². The zero-order chi connectivity index (χ0) is 13.7. The average Bonchev–Trinajstić information content (AvgIpc) is 2.43. The van der Waals surface area contributed by atoms with Crippen LogP contribution in [0.1, 0.15) is 0 Å². The molecular weight excluding hydrogens is 264 g/mol. The van der Waals surface area contributed by atoms with E-state index in [-0.39, 0.29) is 5.39 Å². The number of hydrogen-bond donors (Lipinski definition) is 0. The summed E-state index contributed by atoms with van der Waals surface area (Å²) in [6.07, 6.45) is 1.74. The van der Waals surface area contributed by atoms with Crippen molar-refractivity contribution in [1.82, 2.24) is 18.5 Å². The first-order valence-corrected chi connectivity index (χ1v) is 6.00. The fourth-order valence-corrected chi connectivity index (χ4v) is 2.41. The Hall–Kier alpha value is -2.28.